The lowest BCUT2D eigenvalue weighted by atomic mass is 9.87. The van der Waals surface area contributed by atoms with E-state index < -0.39 is 6.16 Å². The normalized spacial score (nSPS) is 21.1. The van der Waals surface area contributed by atoms with Gasteiger partial charge >= 0.3 is 6.16 Å². The smallest absolute Gasteiger partial charge is 0.507 e. The fourth-order valence-corrected chi connectivity index (χ4v) is 4.33. The number of hydrogen-bond donors (Lipinski definition) is 1. The average Bonchev–Trinajstić information content (AvgIpc) is 3.18. The predicted octanol–water partition coefficient (Wildman–Crippen LogP) is 5.14. The molecule has 1 saturated carbocycles. The Bertz CT molecular complexity index is 824. The van der Waals surface area contributed by atoms with Crippen LogP contribution >= 0.6 is 0 Å². The number of fused-ring (bicyclic) bond motifs is 6. The van der Waals surface area contributed by atoms with E-state index >= 15 is 0 Å². The number of benzene rings is 2. The molecule has 0 aromatic heterocycles. The summed E-state index contributed by atoms with van der Waals surface area (Å²) in [6.07, 6.45) is 3.33. The van der Waals surface area contributed by atoms with Crippen molar-refractivity contribution in [2.75, 3.05) is 6.61 Å². The zero-order chi connectivity index (χ0) is 16.8. The van der Waals surface area contributed by atoms with Gasteiger partial charge in [0.15, 0.2) is 0 Å². The first kappa shape index (κ1) is 15.3. The second-order valence-corrected chi connectivity index (χ2v) is 6.96. The largest absolute Gasteiger partial charge is 0.513 e. The third kappa shape index (κ3) is 2.24. The molecule has 2 atom stereocenters. The number of phenolic OH excluding ortho intramolecular Hbond substituents is 1. The maximum Gasteiger partial charge on any atom is 0.513 e. The fraction of sp³-hybridized carbons (Fsp3) is 0.450. The summed E-state index contributed by atoms with van der Waals surface area (Å²) in [7, 11) is 0. The zero-order valence-corrected chi connectivity index (χ0v) is 14.1. The third-order valence-corrected chi connectivity index (χ3v) is 5.32. The van der Waals surface area contributed by atoms with Crippen LogP contribution in [0.15, 0.2) is 18.2 Å². The molecule has 2 bridgehead atoms. The van der Waals surface area contributed by atoms with E-state index in [4.69, 9.17) is 9.47 Å². The summed E-state index contributed by atoms with van der Waals surface area (Å²) in [5.74, 6) is 1.70. The first-order valence-electron chi connectivity index (χ1n) is 8.73. The van der Waals surface area contributed by atoms with Crippen LogP contribution in [0.4, 0.5) is 4.79 Å². The molecule has 2 aromatic rings. The van der Waals surface area contributed by atoms with Crippen molar-refractivity contribution in [2.45, 2.75) is 51.4 Å². The van der Waals surface area contributed by atoms with Gasteiger partial charge in [0, 0.05) is 21.9 Å². The molecule has 0 spiro atoms. The van der Waals surface area contributed by atoms with Gasteiger partial charge in [0.05, 0.1) is 6.61 Å². The predicted molar refractivity (Wildman–Crippen MR) is 91.9 cm³/mol. The zero-order valence-electron chi connectivity index (χ0n) is 14.1. The van der Waals surface area contributed by atoms with Crippen molar-refractivity contribution in [1.29, 1.82) is 0 Å². The molecule has 1 N–H and O–H groups in total. The highest BCUT2D eigenvalue weighted by atomic mass is 16.7. The molecule has 4 nitrogen and oxygen atoms in total. The number of ether oxygens (including phenoxy) is 2. The number of aryl methyl sites for hydroxylation is 1. The number of aromatic hydroxyl groups is 1. The van der Waals surface area contributed by atoms with Gasteiger partial charge in [-0.25, -0.2) is 4.79 Å². The van der Waals surface area contributed by atoms with Gasteiger partial charge < -0.3 is 14.6 Å². The molecule has 2 aromatic carbocycles. The molecule has 0 radical (unpaired) electrons. The lowest BCUT2D eigenvalue weighted by Crippen LogP contribution is -2.14. The summed E-state index contributed by atoms with van der Waals surface area (Å²) in [6.45, 7) is 4.29. The van der Waals surface area contributed by atoms with Crippen LogP contribution in [0.1, 0.15) is 61.1 Å². The molecule has 0 heterocycles. The first-order chi connectivity index (χ1) is 11.6. The summed E-state index contributed by atoms with van der Waals surface area (Å²) < 4.78 is 10.8. The number of rotatable bonds is 3. The van der Waals surface area contributed by atoms with Crippen molar-refractivity contribution in [3.63, 3.8) is 0 Å². The van der Waals surface area contributed by atoms with Gasteiger partial charge in [-0.15, -0.1) is 0 Å². The maximum atomic E-state index is 12.1. The summed E-state index contributed by atoms with van der Waals surface area (Å²) in [6, 6.07) is 5.86. The SMILES string of the molecule is CCCOC(=O)Oc1c2c(c(O)c3ccc(C)cc13)C1CCC2C1. The maximum absolute atomic E-state index is 12.1. The number of hydrogen-bond acceptors (Lipinski definition) is 4. The Kier molecular flexibility index (Phi) is 3.63. The van der Waals surface area contributed by atoms with Gasteiger partial charge in [-0.3, -0.25) is 0 Å². The summed E-state index contributed by atoms with van der Waals surface area (Å²) >= 11 is 0. The summed E-state index contributed by atoms with van der Waals surface area (Å²) in [5.41, 5.74) is 3.08. The van der Waals surface area contributed by atoms with E-state index in [-0.39, 0.29) is 0 Å². The average molecular weight is 326 g/mol. The number of carbonyl (C=O) groups excluding carboxylic acids is 1. The van der Waals surface area contributed by atoms with Gasteiger partial charge in [0.1, 0.15) is 11.5 Å². The highest BCUT2D eigenvalue weighted by Gasteiger charge is 2.42. The van der Waals surface area contributed by atoms with Gasteiger partial charge in [0.2, 0.25) is 0 Å². The summed E-state index contributed by atoms with van der Waals surface area (Å²) in [4.78, 5) is 12.1. The molecule has 0 amide bonds. The van der Waals surface area contributed by atoms with E-state index in [0.29, 0.717) is 29.9 Å². The lowest BCUT2D eigenvalue weighted by Gasteiger charge is -2.22. The van der Waals surface area contributed by atoms with E-state index in [1.165, 1.54) is 0 Å². The molecule has 2 unspecified atom stereocenters. The first-order valence-corrected chi connectivity index (χ1v) is 8.73. The Morgan fingerprint density at radius 3 is 2.71 bits per heavy atom. The van der Waals surface area contributed by atoms with Gasteiger partial charge in [0.25, 0.3) is 0 Å². The molecule has 4 heteroatoms. The molecule has 24 heavy (non-hydrogen) atoms. The highest BCUT2D eigenvalue weighted by molar-refractivity contribution is 5.98. The Morgan fingerprint density at radius 1 is 1.21 bits per heavy atom. The van der Waals surface area contributed by atoms with Crippen LogP contribution in [-0.4, -0.2) is 17.9 Å². The van der Waals surface area contributed by atoms with Crippen molar-refractivity contribution in [3.05, 3.63) is 34.9 Å². The molecule has 0 aliphatic heterocycles. The number of carbonyl (C=O) groups is 1. The van der Waals surface area contributed by atoms with Crippen LogP contribution < -0.4 is 4.74 Å². The van der Waals surface area contributed by atoms with Crippen molar-refractivity contribution < 1.29 is 19.4 Å². The Balaban J connectivity index is 1.90. The topological polar surface area (TPSA) is 55.8 Å². The van der Waals surface area contributed by atoms with Crippen LogP contribution in [0.2, 0.25) is 0 Å². The van der Waals surface area contributed by atoms with Crippen LogP contribution in [0.3, 0.4) is 0 Å². The monoisotopic (exact) mass is 326 g/mol. The van der Waals surface area contributed by atoms with Crippen LogP contribution in [-0.2, 0) is 4.74 Å². The third-order valence-electron chi connectivity index (χ3n) is 5.32. The minimum Gasteiger partial charge on any atom is -0.507 e. The molecule has 0 saturated heterocycles. The minimum absolute atomic E-state index is 0.349. The molecule has 2 aliphatic rings. The second kappa shape index (κ2) is 5.69. The van der Waals surface area contributed by atoms with E-state index in [2.05, 4.69) is 0 Å². The standard InChI is InChI=1S/C20H22O4/c1-3-8-23-20(22)24-19-15-9-11(2)4-7-14(15)18(21)16-12-5-6-13(10-12)17(16)19/h4,7,9,12-13,21H,3,5-6,8,10H2,1-2H3. The van der Waals surface area contributed by atoms with E-state index in [9.17, 15) is 9.90 Å². The van der Waals surface area contributed by atoms with Crippen molar-refractivity contribution in [1.82, 2.24) is 0 Å². The van der Waals surface area contributed by atoms with Crippen molar-refractivity contribution >= 4 is 16.9 Å². The molecule has 1 fully saturated rings. The van der Waals surface area contributed by atoms with Crippen molar-refractivity contribution in [2.24, 2.45) is 0 Å². The van der Waals surface area contributed by atoms with Gasteiger partial charge in [-0.1, -0.05) is 24.6 Å². The molecule has 2 aliphatic carbocycles. The molecule has 4 rings (SSSR count). The molecule has 126 valence electrons. The van der Waals surface area contributed by atoms with Gasteiger partial charge in [-0.05, 0) is 50.5 Å². The summed E-state index contributed by atoms with van der Waals surface area (Å²) in [5, 5.41) is 12.4. The minimum atomic E-state index is -0.657. The van der Waals surface area contributed by atoms with Crippen LogP contribution in [0.25, 0.3) is 10.8 Å². The second-order valence-electron chi connectivity index (χ2n) is 6.96. The van der Waals surface area contributed by atoms with Crippen LogP contribution in [0.5, 0.6) is 11.5 Å². The quantitative estimate of drug-likeness (QED) is 0.626. The fourth-order valence-electron chi connectivity index (χ4n) is 4.33. The van der Waals surface area contributed by atoms with Crippen LogP contribution in [0, 0.1) is 6.92 Å². The molecular weight excluding hydrogens is 304 g/mol. The van der Waals surface area contributed by atoms with Crippen molar-refractivity contribution in [3.8, 4) is 11.5 Å². The van der Waals surface area contributed by atoms with E-state index in [0.717, 1.165) is 53.1 Å². The number of phenols is 1. The van der Waals surface area contributed by atoms with Gasteiger partial charge in [-0.2, -0.15) is 0 Å². The highest BCUT2D eigenvalue weighted by Crippen LogP contribution is 2.60. The van der Waals surface area contributed by atoms with E-state index in [1.54, 1.807) is 0 Å². The molecular formula is C20H22O4. The lowest BCUT2D eigenvalue weighted by molar-refractivity contribution is 0.0992. The Hall–Kier alpha value is -2.23. The Morgan fingerprint density at radius 2 is 1.96 bits per heavy atom. The Labute approximate surface area is 141 Å². The van der Waals surface area contributed by atoms with E-state index in [1.807, 2.05) is 32.0 Å².